The minimum Gasteiger partial charge on any atom is -0.358 e. The summed E-state index contributed by atoms with van der Waals surface area (Å²) in [5.74, 6) is 1.36. The van der Waals surface area contributed by atoms with Gasteiger partial charge in [0.05, 0.1) is 6.21 Å². The summed E-state index contributed by atoms with van der Waals surface area (Å²) in [5, 5.41) is 8.78. The number of fused-ring (bicyclic) bond motifs is 2. The number of nitrogens with zero attached hydrogens (tertiary/aromatic N) is 1. The Morgan fingerprint density at radius 1 is 1.25 bits per heavy atom. The summed E-state index contributed by atoms with van der Waals surface area (Å²) in [5.41, 5.74) is 3.84. The van der Waals surface area contributed by atoms with E-state index in [1.54, 1.807) is 6.21 Å². The molecule has 2 aliphatic rings. The van der Waals surface area contributed by atoms with Gasteiger partial charge in [-0.3, -0.25) is 5.43 Å². The maximum atomic E-state index is 5.83. The van der Waals surface area contributed by atoms with Gasteiger partial charge in [-0.25, -0.2) is 0 Å². The molecule has 3 rings (SSSR count). The summed E-state index contributed by atoms with van der Waals surface area (Å²) in [6.07, 6.45) is 8.77. The summed E-state index contributed by atoms with van der Waals surface area (Å²) in [6.45, 7) is 0. The van der Waals surface area contributed by atoms with Crippen molar-refractivity contribution in [2.75, 3.05) is 0 Å². The van der Waals surface area contributed by atoms with Crippen LogP contribution in [0.1, 0.15) is 18.4 Å². The molecule has 104 valence electrons. The van der Waals surface area contributed by atoms with Crippen LogP contribution in [0.2, 0.25) is 5.02 Å². The van der Waals surface area contributed by atoms with Gasteiger partial charge >= 0.3 is 0 Å². The van der Waals surface area contributed by atoms with Crippen LogP contribution in [0, 0.1) is 11.8 Å². The number of rotatable bonds is 3. The molecule has 0 aromatic heterocycles. The summed E-state index contributed by atoms with van der Waals surface area (Å²) in [6, 6.07) is 7.94. The number of halogens is 1. The Labute approximate surface area is 129 Å². The molecular weight excluding hydrogens is 290 g/mol. The maximum Gasteiger partial charge on any atom is 0.187 e. The minimum atomic E-state index is 0.454. The lowest BCUT2D eigenvalue weighted by Gasteiger charge is -2.20. The van der Waals surface area contributed by atoms with E-state index in [0.29, 0.717) is 17.1 Å². The van der Waals surface area contributed by atoms with E-state index in [4.69, 9.17) is 23.8 Å². The first-order valence-electron chi connectivity index (χ1n) is 6.74. The van der Waals surface area contributed by atoms with Crippen molar-refractivity contribution in [3.63, 3.8) is 0 Å². The Balaban J connectivity index is 1.47. The van der Waals surface area contributed by atoms with Crippen molar-refractivity contribution in [3.05, 3.63) is 47.0 Å². The van der Waals surface area contributed by atoms with Gasteiger partial charge in [0.1, 0.15) is 0 Å². The molecule has 1 fully saturated rings. The van der Waals surface area contributed by atoms with Crippen LogP contribution in [0.4, 0.5) is 0 Å². The minimum absolute atomic E-state index is 0.454. The van der Waals surface area contributed by atoms with Crippen LogP contribution in [0.3, 0.4) is 0 Å². The Bertz CT molecular complexity index is 553. The van der Waals surface area contributed by atoms with Crippen molar-refractivity contribution in [1.82, 2.24) is 10.7 Å². The van der Waals surface area contributed by atoms with Crippen molar-refractivity contribution in [2.45, 2.75) is 18.9 Å². The zero-order chi connectivity index (χ0) is 13.9. The number of hydrogen-bond donors (Lipinski definition) is 2. The van der Waals surface area contributed by atoms with E-state index < -0.39 is 0 Å². The first-order valence-corrected chi connectivity index (χ1v) is 7.53. The number of thiocarbonyl (C=S) groups is 1. The van der Waals surface area contributed by atoms with E-state index in [2.05, 4.69) is 28.0 Å². The van der Waals surface area contributed by atoms with Gasteiger partial charge in [0.25, 0.3) is 0 Å². The van der Waals surface area contributed by atoms with Gasteiger partial charge in [-0.15, -0.1) is 0 Å². The fourth-order valence-electron chi connectivity index (χ4n) is 2.86. The molecule has 2 N–H and O–H groups in total. The second-order valence-electron chi connectivity index (χ2n) is 5.28. The fraction of sp³-hybridized carbons (Fsp3) is 0.333. The van der Waals surface area contributed by atoms with Crippen LogP contribution in [0.5, 0.6) is 0 Å². The molecule has 2 bridgehead atoms. The highest BCUT2D eigenvalue weighted by molar-refractivity contribution is 7.80. The molecule has 0 aliphatic heterocycles. The van der Waals surface area contributed by atoms with Gasteiger partial charge in [0.15, 0.2) is 5.11 Å². The van der Waals surface area contributed by atoms with Gasteiger partial charge < -0.3 is 5.32 Å². The molecule has 0 radical (unpaired) electrons. The van der Waals surface area contributed by atoms with Crippen LogP contribution < -0.4 is 10.7 Å². The van der Waals surface area contributed by atoms with Gasteiger partial charge in [0, 0.05) is 11.1 Å². The molecule has 20 heavy (non-hydrogen) atoms. The van der Waals surface area contributed by atoms with Gasteiger partial charge in [-0.05, 0) is 54.6 Å². The van der Waals surface area contributed by atoms with Crippen molar-refractivity contribution in [1.29, 1.82) is 0 Å². The van der Waals surface area contributed by atoms with E-state index in [-0.39, 0.29) is 0 Å². The van der Waals surface area contributed by atoms with Crippen LogP contribution in [-0.2, 0) is 0 Å². The zero-order valence-electron chi connectivity index (χ0n) is 10.9. The first-order chi connectivity index (χ1) is 9.70. The molecule has 5 heteroatoms. The molecule has 3 nitrogen and oxygen atoms in total. The lowest BCUT2D eigenvalue weighted by atomic mass is 10.0. The molecule has 1 aromatic carbocycles. The summed E-state index contributed by atoms with van der Waals surface area (Å²) in [4.78, 5) is 0. The summed E-state index contributed by atoms with van der Waals surface area (Å²) >= 11 is 11.1. The average molecular weight is 306 g/mol. The van der Waals surface area contributed by atoms with Crippen molar-refractivity contribution < 1.29 is 0 Å². The quantitative estimate of drug-likeness (QED) is 0.390. The zero-order valence-corrected chi connectivity index (χ0v) is 12.5. The van der Waals surface area contributed by atoms with Gasteiger partial charge in [-0.1, -0.05) is 35.9 Å². The van der Waals surface area contributed by atoms with Gasteiger partial charge in [0.2, 0.25) is 0 Å². The van der Waals surface area contributed by atoms with Crippen molar-refractivity contribution in [3.8, 4) is 0 Å². The molecule has 2 aliphatic carbocycles. The molecule has 0 amide bonds. The molecule has 1 aromatic rings. The predicted molar refractivity (Wildman–Crippen MR) is 87.1 cm³/mol. The lowest BCUT2D eigenvalue weighted by molar-refractivity contribution is 0.521. The van der Waals surface area contributed by atoms with Crippen molar-refractivity contribution >= 4 is 35.1 Å². The Hall–Kier alpha value is -1.39. The van der Waals surface area contributed by atoms with E-state index in [1.165, 1.54) is 12.8 Å². The second kappa shape index (κ2) is 5.94. The molecule has 1 saturated carbocycles. The topological polar surface area (TPSA) is 36.4 Å². The highest BCUT2D eigenvalue weighted by atomic mass is 35.5. The maximum absolute atomic E-state index is 5.83. The summed E-state index contributed by atoms with van der Waals surface area (Å²) < 4.78 is 0. The highest BCUT2D eigenvalue weighted by Gasteiger charge is 2.35. The molecular formula is C15H16ClN3S. The third kappa shape index (κ3) is 3.19. The third-order valence-electron chi connectivity index (χ3n) is 3.85. The smallest absolute Gasteiger partial charge is 0.187 e. The fourth-order valence-corrected chi connectivity index (χ4v) is 3.19. The van der Waals surface area contributed by atoms with E-state index in [9.17, 15) is 0 Å². The second-order valence-corrected chi connectivity index (χ2v) is 6.13. The average Bonchev–Trinajstić information content (AvgIpc) is 3.03. The largest absolute Gasteiger partial charge is 0.358 e. The van der Waals surface area contributed by atoms with E-state index >= 15 is 0 Å². The van der Waals surface area contributed by atoms with Gasteiger partial charge in [-0.2, -0.15) is 5.10 Å². The van der Waals surface area contributed by atoms with Crippen LogP contribution in [-0.4, -0.2) is 17.4 Å². The Morgan fingerprint density at radius 2 is 2.05 bits per heavy atom. The molecule has 0 spiro atoms. The number of nitrogens with one attached hydrogen (secondary N) is 2. The number of hydrazone groups is 1. The molecule has 0 heterocycles. The van der Waals surface area contributed by atoms with Crippen molar-refractivity contribution in [2.24, 2.45) is 16.9 Å². The van der Waals surface area contributed by atoms with Crippen LogP contribution >= 0.6 is 23.8 Å². The Kier molecular flexibility index (Phi) is 4.03. The van der Waals surface area contributed by atoms with Crippen LogP contribution in [0.25, 0.3) is 0 Å². The van der Waals surface area contributed by atoms with E-state index in [1.807, 2.05) is 24.3 Å². The van der Waals surface area contributed by atoms with Crippen LogP contribution in [0.15, 0.2) is 41.5 Å². The Morgan fingerprint density at radius 3 is 2.70 bits per heavy atom. The monoisotopic (exact) mass is 305 g/mol. The molecule has 3 unspecified atom stereocenters. The normalized spacial score (nSPS) is 27.1. The predicted octanol–water partition coefficient (Wildman–Crippen LogP) is 3.10. The highest BCUT2D eigenvalue weighted by Crippen LogP contribution is 2.38. The lowest BCUT2D eigenvalue weighted by Crippen LogP contribution is -2.42. The number of benzene rings is 1. The SMILES string of the molecule is S=C(N/N=C/c1ccc(Cl)cc1)NC1CC2C=CC1C2. The standard InChI is InChI=1S/C15H16ClN3S/c16-13-5-2-10(3-6-13)9-17-19-15(20)18-14-8-11-1-4-12(14)7-11/h1-6,9,11-12,14H,7-8H2,(H2,18,19,20)/b17-9+. The number of allylic oxidation sites excluding steroid dienone is 1. The molecule has 3 atom stereocenters. The number of hydrogen-bond acceptors (Lipinski definition) is 2. The first kappa shape index (κ1) is 13.6. The summed E-state index contributed by atoms with van der Waals surface area (Å²) in [7, 11) is 0. The third-order valence-corrected chi connectivity index (χ3v) is 4.31. The molecule has 0 saturated heterocycles. The van der Waals surface area contributed by atoms with E-state index in [0.717, 1.165) is 16.5 Å².